The Labute approximate surface area is 203 Å². The zero-order chi connectivity index (χ0) is 25.3. The molecule has 2 N–H and O–H groups in total. The number of aryl methyl sites for hydroxylation is 1. The van der Waals surface area contributed by atoms with Crippen molar-refractivity contribution in [1.82, 2.24) is 14.9 Å². The zero-order valence-electron chi connectivity index (χ0n) is 20.2. The fraction of sp³-hybridized carbons (Fsp3) is 0.304. The summed E-state index contributed by atoms with van der Waals surface area (Å²) in [7, 11) is 1.98. The van der Waals surface area contributed by atoms with Crippen molar-refractivity contribution in [2.45, 2.75) is 24.7 Å². The molecule has 35 heavy (non-hydrogen) atoms. The van der Waals surface area contributed by atoms with Crippen LogP contribution in [0.25, 0.3) is 11.0 Å². The molecule has 0 atom stereocenters. The van der Waals surface area contributed by atoms with Gasteiger partial charge in [-0.3, -0.25) is 9.40 Å². The third-order valence-electron chi connectivity index (χ3n) is 5.43. The highest BCUT2D eigenvalue weighted by Crippen LogP contribution is 2.38. The molecule has 4 rings (SSSR count). The lowest BCUT2D eigenvalue weighted by Gasteiger charge is -2.14. The fourth-order valence-corrected chi connectivity index (χ4v) is 4.93. The Kier molecular flexibility index (Phi) is 6.48. The average molecular weight is 502 g/mol. The minimum Gasteiger partial charge on any atom is -0.495 e. The maximum atomic E-state index is 13.3. The molecular weight excluding hydrogens is 474 g/mol. The number of nitrogens with one attached hydrogen (secondary N) is 2. The van der Waals surface area contributed by atoms with Gasteiger partial charge in [0.15, 0.2) is 16.3 Å². The second-order valence-electron chi connectivity index (χ2n) is 8.03. The van der Waals surface area contributed by atoms with Crippen molar-refractivity contribution in [1.29, 1.82) is 0 Å². The third-order valence-corrected chi connectivity index (χ3v) is 6.83. The minimum absolute atomic E-state index is 0.000404. The Morgan fingerprint density at radius 1 is 1.00 bits per heavy atom. The van der Waals surface area contributed by atoms with Crippen molar-refractivity contribution in [2.75, 3.05) is 31.4 Å². The topological polar surface area (TPSA) is 130 Å². The molecule has 0 saturated carbocycles. The first-order valence-corrected chi connectivity index (χ1v) is 12.2. The molecule has 0 bridgehead atoms. The molecule has 186 valence electrons. The van der Waals surface area contributed by atoms with Gasteiger partial charge in [-0.1, -0.05) is 25.1 Å². The van der Waals surface area contributed by atoms with Crippen LogP contribution in [0.15, 0.2) is 45.8 Å². The summed E-state index contributed by atoms with van der Waals surface area (Å²) in [5.74, 6) is 1.75. The van der Waals surface area contributed by atoms with Crippen LogP contribution in [0.2, 0.25) is 0 Å². The van der Waals surface area contributed by atoms with Gasteiger partial charge >= 0.3 is 0 Å². The Morgan fingerprint density at radius 2 is 1.66 bits per heavy atom. The first kappa shape index (κ1) is 24.2. The highest BCUT2D eigenvalue weighted by molar-refractivity contribution is 7.93. The second kappa shape index (κ2) is 9.37. The van der Waals surface area contributed by atoms with Crippen LogP contribution in [0.1, 0.15) is 25.5 Å². The molecule has 11 nitrogen and oxygen atoms in total. The number of methoxy groups -OCH3 is 3. The molecule has 0 fully saturated rings. The van der Waals surface area contributed by atoms with Gasteiger partial charge in [-0.05, 0) is 24.1 Å². The predicted molar refractivity (Wildman–Crippen MR) is 131 cm³/mol. The third kappa shape index (κ3) is 4.56. The van der Waals surface area contributed by atoms with Crippen molar-refractivity contribution in [2.24, 2.45) is 7.05 Å². The van der Waals surface area contributed by atoms with E-state index in [0.29, 0.717) is 22.4 Å². The fourth-order valence-electron chi connectivity index (χ4n) is 3.59. The van der Waals surface area contributed by atoms with Gasteiger partial charge in [0, 0.05) is 19.2 Å². The molecule has 0 spiro atoms. The summed E-state index contributed by atoms with van der Waals surface area (Å²) in [6, 6.07) is 9.98. The molecule has 2 aromatic carbocycles. The quantitative estimate of drug-likeness (QED) is 0.345. The van der Waals surface area contributed by atoms with E-state index in [9.17, 15) is 8.42 Å². The maximum Gasteiger partial charge on any atom is 0.270 e. The van der Waals surface area contributed by atoms with Crippen molar-refractivity contribution < 1.29 is 27.2 Å². The number of anilines is 3. The van der Waals surface area contributed by atoms with Crippen molar-refractivity contribution in [3.05, 3.63) is 42.1 Å². The SMILES string of the molecule is COc1cc2c(NS(=O)(=O)c3c(OC)cccc3OC)noc2cc1Nc1cc(C(C)C)nn1C. The van der Waals surface area contributed by atoms with Crippen LogP contribution in [0, 0.1) is 0 Å². The number of fused-ring (bicyclic) bond motifs is 1. The maximum absolute atomic E-state index is 13.3. The van der Waals surface area contributed by atoms with Crippen molar-refractivity contribution >= 4 is 38.3 Å². The molecule has 0 aliphatic rings. The molecule has 0 amide bonds. The summed E-state index contributed by atoms with van der Waals surface area (Å²) in [5, 5.41) is 12.1. The van der Waals surface area contributed by atoms with Gasteiger partial charge < -0.3 is 24.1 Å². The van der Waals surface area contributed by atoms with Gasteiger partial charge in [0.2, 0.25) is 0 Å². The van der Waals surface area contributed by atoms with E-state index in [-0.39, 0.29) is 28.1 Å². The minimum atomic E-state index is -4.14. The molecule has 4 aromatic rings. The van der Waals surface area contributed by atoms with Gasteiger partial charge in [-0.2, -0.15) is 5.10 Å². The number of nitrogens with zero attached hydrogens (tertiary/aromatic N) is 3. The molecule has 0 radical (unpaired) electrons. The predicted octanol–water partition coefficient (Wildman–Crippen LogP) is 4.25. The molecule has 2 heterocycles. The number of aromatic nitrogens is 3. The van der Waals surface area contributed by atoms with Gasteiger partial charge in [-0.25, -0.2) is 8.42 Å². The lowest BCUT2D eigenvalue weighted by Crippen LogP contribution is -2.15. The normalized spacial score (nSPS) is 11.6. The number of sulfonamides is 1. The Morgan fingerprint density at radius 3 is 2.23 bits per heavy atom. The standard InChI is InChI=1S/C23H27N5O6S/c1-13(2)15-12-21(28(3)25-15)24-16-11-19-14(10-20(16)33-6)23(26-34-19)27-35(29,30)22-17(31-4)8-7-9-18(22)32-5/h7-13,24H,1-6H3,(H,26,27). The first-order chi connectivity index (χ1) is 16.7. The number of rotatable bonds is 9. The van der Waals surface area contributed by atoms with E-state index in [2.05, 4.69) is 34.1 Å². The number of benzene rings is 2. The molecule has 0 aliphatic carbocycles. The van der Waals surface area contributed by atoms with Gasteiger partial charge in [-0.15, -0.1) is 0 Å². The van der Waals surface area contributed by atoms with Crippen LogP contribution < -0.4 is 24.2 Å². The second-order valence-corrected chi connectivity index (χ2v) is 9.65. The number of hydrogen-bond acceptors (Lipinski definition) is 9. The summed E-state index contributed by atoms with van der Waals surface area (Å²) in [5.41, 5.74) is 1.90. The van der Waals surface area contributed by atoms with Crippen LogP contribution in [0.3, 0.4) is 0 Å². The molecular formula is C23H27N5O6S. The summed E-state index contributed by atoms with van der Waals surface area (Å²) in [4.78, 5) is -0.149. The average Bonchev–Trinajstić information content (AvgIpc) is 3.40. The van der Waals surface area contributed by atoms with Crippen LogP contribution in [0.4, 0.5) is 17.3 Å². The van der Waals surface area contributed by atoms with E-state index in [1.54, 1.807) is 22.9 Å². The molecule has 2 aromatic heterocycles. The van der Waals surface area contributed by atoms with E-state index in [0.717, 1.165) is 11.5 Å². The molecule has 0 aliphatic heterocycles. The smallest absolute Gasteiger partial charge is 0.270 e. The van der Waals surface area contributed by atoms with Crippen LogP contribution >= 0.6 is 0 Å². The number of ether oxygens (including phenoxy) is 3. The highest BCUT2D eigenvalue weighted by Gasteiger charge is 2.27. The monoisotopic (exact) mass is 501 g/mol. The molecule has 0 saturated heterocycles. The Bertz CT molecular complexity index is 1450. The van der Waals surface area contributed by atoms with E-state index >= 15 is 0 Å². The largest absolute Gasteiger partial charge is 0.495 e. The summed E-state index contributed by atoms with van der Waals surface area (Å²) < 4.78 is 52.2. The van der Waals surface area contributed by atoms with E-state index in [1.165, 1.54) is 33.5 Å². The highest BCUT2D eigenvalue weighted by atomic mass is 32.2. The summed E-state index contributed by atoms with van der Waals surface area (Å²) >= 11 is 0. The Hall–Kier alpha value is -3.93. The first-order valence-electron chi connectivity index (χ1n) is 10.7. The van der Waals surface area contributed by atoms with Gasteiger partial charge in [0.1, 0.15) is 23.1 Å². The van der Waals surface area contributed by atoms with Crippen molar-refractivity contribution in [3.63, 3.8) is 0 Å². The van der Waals surface area contributed by atoms with E-state index < -0.39 is 10.0 Å². The van der Waals surface area contributed by atoms with Crippen LogP contribution in [0.5, 0.6) is 17.2 Å². The number of hydrogen-bond donors (Lipinski definition) is 2. The summed E-state index contributed by atoms with van der Waals surface area (Å²) in [6.45, 7) is 4.13. The van der Waals surface area contributed by atoms with Crippen molar-refractivity contribution in [3.8, 4) is 17.2 Å². The van der Waals surface area contributed by atoms with E-state index in [1.807, 2.05) is 13.1 Å². The van der Waals surface area contributed by atoms with E-state index in [4.69, 9.17) is 18.7 Å². The van der Waals surface area contributed by atoms with Crippen LogP contribution in [-0.2, 0) is 17.1 Å². The summed E-state index contributed by atoms with van der Waals surface area (Å²) in [6.07, 6.45) is 0. The zero-order valence-corrected chi connectivity index (χ0v) is 21.1. The van der Waals surface area contributed by atoms with Crippen LogP contribution in [-0.4, -0.2) is 44.7 Å². The lowest BCUT2D eigenvalue weighted by atomic mass is 10.1. The molecule has 12 heteroatoms. The Balaban J connectivity index is 1.72. The molecule has 0 unspecified atom stereocenters. The van der Waals surface area contributed by atoms with Gasteiger partial charge in [0.05, 0.1) is 38.1 Å². The lowest BCUT2D eigenvalue weighted by molar-refractivity contribution is 0.373. The van der Waals surface area contributed by atoms with Gasteiger partial charge in [0.25, 0.3) is 10.0 Å².